The van der Waals surface area contributed by atoms with Gasteiger partial charge >= 0.3 is 0 Å². The van der Waals surface area contributed by atoms with Gasteiger partial charge in [0, 0.05) is 5.75 Å². The van der Waals surface area contributed by atoms with Crippen LogP contribution in [0.15, 0.2) is 59.4 Å². The number of hydrogen-bond donors (Lipinski definition) is 0. The highest BCUT2D eigenvalue weighted by molar-refractivity contribution is 7.99. The number of allylic oxidation sites excluding steroid dienone is 7. The summed E-state index contributed by atoms with van der Waals surface area (Å²) in [6, 6.07) is 0. The third kappa shape index (κ3) is 6.42. The van der Waals surface area contributed by atoms with E-state index in [1.807, 2.05) is 18.7 Å². The molecule has 1 saturated carbocycles. The summed E-state index contributed by atoms with van der Waals surface area (Å²) in [5.41, 5.74) is 4.76. The maximum absolute atomic E-state index is 5.95. The molecule has 0 spiro atoms. The summed E-state index contributed by atoms with van der Waals surface area (Å²) in [4.78, 5) is 0. The van der Waals surface area contributed by atoms with Crippen LogP contribution in [-0.4, -0.2) is 24.4 Å². The van der Waals surface area contributed by atoms with Gasteiger partial charge < -0.3 is 9.47 Å². The Labute approximate surface area is 193 Å². The first-order chi connectivity index (χ1) is 15.2. The standard InChI is InChI=1S/C28H40O2S/c1-21(30-22(2)29-17-16-23-10-4-3-5-11-23)19-31-20-28-26-14-8-6-12-24(26)18-25-13-7-9-15-27(25)28/h6,8-9,14-15,22-25H,1,3-5,7,10-13,16-20H2,2H3. The Hall–Kier alpha value is -1.19. The fraction of sp³-hybridized carbons (Fsp3) is 0.643. The topological polar surface area (TPSA) is 18.5 Å². The van der Waals surface area contributed by atoms with Crippen molar-refractivity contribution >= 4 is 11.8 Å². The predicted molar refractivity (Wildman–Crippen MR) is 133 cm³/mol. The lowest BCUT2D eigenvalue weighted by Crippen LogP contribution is -2.24. The lowest BCUT2D eigenvalue weighted by molar-refractivity contribution is -0.105. The van der Waals surface area contributed by atoms with Crippen molar-refractivity contribution in [1.29, 1.82) is 0 Å². The molecule has 0 bridgehead atoms. The number of fused-ring (bicyclic) bond motifs is 2. The van der Waals surface area contributed by atoms with E-state index in [0.717, 1.165) is 41.6 Å². The van der Waals surface area contributed by atoms with Gasteiger partial charge in [0.1, 0.15) is 5.76 Å². The van der Waals surface area contributed by atoms with Crippen molar-refractivity contribution in [2.75, 3.05) is 18.1 Å². The van der Waals surface area contributed by atoms with Gasteiger partial charge in [0.15, 0.2) is 6.29 Å². The zero-order valence-electron chi connectivity index (χ0n) is 19.3. The monoisotopic (exact) mass is 440 g/mol. The minimum absolute atomic E-state index is 0.199. The summed E-state index contributed by atoms with van der Waals surface area (Å²) in [6.45, 7) is 6.97. The molecule has 4 rings (SSSR count). The maximum atomic E-state index is 5.95. The van der Waals surface area contributed by atoms with Crippen molar-refractivity contribution in [3.05, 3.63) is 59.4 Å². The van der Waals surface area contributed by atoms with Gasteiger partial charge in [-0.25, -0.2) is 0 Å². The van der Waals surface area contributed by atoms with Crippen molar-refractivity contribution < 1.29 is 9.47 Å². The zero-order chi connectivity index (χ0) is 21.5. The first kappa shape index (κ1) is 23.0. The summed E-state index contributed by atoms with van der Waals surface area (Å²) < 4.78 is 11.9. The van der Waals surface area contributed by atoms with E-state index >= 15 is 0 Å². The quantitative estimate of drug-likeness (QED) is 0.255. The molecule has 4 aliphatic carbocycles. The first-order valence-electron chi connectivity index (χ1n) is 12.5. The third-order valence-electron chi connectivity index (χ3n) is 7.40. The van der Waals surface area contributed by atoms with Crippen LogP contribution in [0.2, 0.25) is 0 Å². The van der Waals surface area contributed by atoms with Crippen molar-refractivity contribution in [3.8, 4) is 0 Å². The highest BCUT2D eigenvalue weighted by Crippen LogP contribution is 2.46. The fourth-order valence-corrected chi connectivity index (χ4v) is 6.70. The van der Waals surface area contributed by atoms with E-state index in [2.05, 4.69) is 37.0 Å². The molecule has 4 aliphatic rings. The molecule has 0 N–H and O–H groups in total. The second-order valence-electron chi connectivity index (χ2n) is 9.71. The summed E-state index contributed by atoms with van der Waals surface area (Å²) in [5, 5.41) is 0. The van der Waals surface area contributed by atoms with E-state index in [1.165, 1.54) is 64.2 Å². The van der Waals surface area contributed by atoms with Crippen LogP contribution in [0, 0.1) is 17.8 Å². The van der Waals surface area contributed by atoms with Crippen LogP contribution in [0.4, 0.5) is 0 Å². The second-order valence-corrected chi connectivity index (χ2v) is 10.7. The Morgan fingerprint density at radius 3 is 2.90 bits per heavy atom. The van der Waals surface area contributed by atoms with Gasteiger partial charge in [0.05, 0.1) is 12.4 Å². The number of thioether (sulfide) groups is 1. The van der Waals surface area contributed by atoms with Gasteiger partial charge in [-0.05, 0) is 73.5 Å². The molecule has 1 fully saturated rings. The molecular weight excluding hydrogens is 400 g/mol. The van der Waals surface area contributed by atoms with Gasteiger partial charge in [0.25, 0.3) is 0 Å². The van der Waals surface area contributed by atoms with Crippen LogP contribution in [0.25, 0.3) is 0 Å². The van der Waals surface area contributed by atoms with E-state index < -0.39 is 0 Å². The molecule has 0 aromatic rings. The van der Waals surface area contributed by atoms with Gasteiger partial charge in [-0.1, -0.05) is 69.1 Å². The van der Waals surface area contributed by atoms with Gasteiger partial charge in [-0.3, -0.25) is 0 Å². The van der Waals surface area contributed by atoms with E-state index in [0.29, 0.717) is 0 Å². The molecule has 31 heavy (non-hydrogen) atoms. The average molecular weight is 441 g/mol. The number of ether oxygens (including phenoxy) is 2. The molecule has 2 nitrogen and oxygen atoms in total. The highest BCUT2D eigenvalue weighted by Gasteiger charge is 2.32. The van der Waals surface area contributed by atoms with Crippen LogP contribution < -0.4 is 0 Å². The van der Waals surface area contributed by atoms with Gasteiger partial charge in [-0.15, -0.1) is 11.8 Å². The molecule has 3 unspecified atom stereocenters. The molecule has 0 amide bonds. The highest BCUT2D eigenvalue weighted by atomic mass is 32.2. The van der Waals surface area contributed by atoms with Crippen molar-refractivity contribution in [3.63, 3.8) is 0 Å². The molecular formula is C28H40O2S. The molecule has 0 aliphatic heterocycles. The minimum atomic E-state index is -0.199. The molecule has 0 aromatic heterocycles. The van der Waals surface area contributed by atoms with Crippen molar-refractivity contribution in [1.82, 2.24) is 0 Å². The molecule has 3 heteroatoms. The van der Waals surface area contributed by atoms with Crippen LogP contribution >= 0.6 is 11.8 Å². The number of rotatable bonds is 10. The van der Waals surface area contributed by atoms with Crippen LogP contribution in [0.1, 0.15) is 71.1 Å². The average Bonchev–Trinajstić information content (AvgIpc) is 2.79. The lowest BCUT2D eigenvalue weighted by Gasteiger charge is -2.37. The first-order valence-corrected chi connectivity index (χ1v) is 13.7. The largest absolute Gasteiger partial charge is 0.469 e. The summed E-state index contributed by atoms with van der Waals surface area (Å²) in [6.07, 6.45) is 24.8. The molecule has 0 aromatic carbocycles. The van der Waals surface area contributed by atoms with Gasteiger partial charge in [0.2, 0.25) is 0 Å². The smallest absolute Gasteiger partial charge is 0.196 e. The molecule has 0 saturated heterocycles. The molecule has 0 radical (unpaired) electrons. The Bertz CT molecular complexity index is 738. The Morgan fingerprint density at radius 1 is 1.16 bits per heavy atom. The van der Waals surface area contributed by atoms with E-state index in [4.69, 9.17) is 9.47 Å². The third-order valence-corrected chi connectivity index (χ3v) is 8.42. The maximum Gasteiger partial charge on any atom is 0.196 e. The van der Waals surface area contributed by atoms with Crippen LogP contribution in [0.3, 0.4) is 0 Å². The van der Waals surface area contributed by atoms with Crippen LogP contribution in [0.5, 0.6) is 0 Å². The van der Waals surface area contributed by atoms with Crippen molar-refractivity contribution in [2.45, 2.75) is 77.4 Å². The SMILES string of the molecule is C=C(CSCC1=C2C=CCCC2CC2CC=CC=C12)OC(C)OCCC1CCCCC1. The molecule has 0 heterocycles. The minimum Gasteiger partial charge on any atom is -0.469 e. The predicted octanol–water partition coefficient (Wildman–Crippen LogP) is 7.75. The Balaban J connectivity index is 1.22. The van der Waals surface area contributed by atoms with E-state index in [1.54, 1.807) is 16.7 Å². The Kier molecular flexibility index (Phi) is 8.61. The second kappa shape index (κ2) is 11.6. The Morgan fingerprint density at radius 2 is 2.03 bits per heavy atom. The van der Waals surface area contributed by atoms with E-state index in [-0.39, 0.29) is 6.29 Å². The van der Waals surface area contributed by atoms with Crippen LogP contribution in [-0.2, 0) is 9.47 Å². The summed E-state index contributed by atoms with van der Waals surface area (Å²) in [7, 11) is 0. The van der Waals surface area contributed by atoms with E-state index in [9.17, 15) is 0 Å². The normalized spacial score (nSPS) is 26.8. The molecule has 170 valence electrons. The van der Waals surface area contributed by atoms with Gasteiger partial charge in [-0.2, -0.15) is 0 Å². The zero-order valence-corrected chi connectivity index (χ0v) is 20.1. The fourth-order valence-electron chi connectivity index (χ4n) is 5.76. The lowest BCUT2D eigenvalue weighted by atomic mass is 9.69. The summed E-state index contributed by atoms with van der Waals surface area (Å²) in [5.74, 6) is 5.04. The van der Waals surface area contributed by atoms with Crippen molar-refractivity contribution in [2.24, 2.45) is 17.8 Å². The number of hydrogen-bond acceptors (Lipinski definition) is 3. The molecule has 3 atom stereocenters. The summed E-state index contributed by atoms with van der Waals surface area (Å²) >= 11 is 1.93.